The molecule has 1 N–H and O–H groups in total. The molecule has 0 radical (unpaired) electrons. The van der Waals surface area contributed by atoms with Gasteiger partial charge in [0.25, 0.3) is 0 Å². The molecule has 0 atom stereocenters. The fourth-order valence-corrected chi connectivity index (χ4v) is 6.49. The van der Waals surface area contributed by atoms with Crippen molar-refractivity contribution in [3.8, 4) is 11.1 Å². The van der Waals surface area contributed by atoms with Crippen LogP contribution in [0.5, 0.6) is 0 Å². The van der Waals surface area contributed by atoms with Crippen LogP contribution in [-0.4, -0.2) is 13.3 Å². The lowest BCUT2D eigenvalue weighted by Crippen LogP contribution is -2.13. The average molecular weight is 329 g/mol. The summed E-state index contributed by atoms with van der Waals surface area (Å²) in [5.41, 5.74) is 2.78. The normalized spacial score (nSPS) is 16.1. The first kappa shape index (κ1) is 14.1. The second kappa shape index (κ2) is 4.85. The SMILES string of the molecule is CNS1(C)c2cc3ccccc3cc2-c2cc3ccccc3cc21. The lowest BCUT2D eigenvalue weighted by Gasteiger charge is -2.33. The number of hydrogen-bond donors (Lipinski definition) is 1. The summed E-state index contributed by atoms with van der Waals surface area (Å²) in [5, 5.41) is 5.27. The molecule has 1 nitrogen and oxygen atoms in total. The van der Waals surface area contributed by atoms with Gasteiger partial charge in [0.1, 0.15) is 0 Å². The van der Waals surface area contributed by atoms with E-state index in [1.54, 1.807) is 0 Å². The lowest BCUT2D eigenvalue weighted by molar-refractivity contribution is 1.23. The molecule has 0 aromatic heterocycles. The maximum atomic E-state index is 3.67. The van der Waals surface area contributed by atoms with Crippen LogP contribution in [0.25, 0.3) is 32.7 Å². The van der Waals surface area contributed by atoms with Crippen LogP contribution in [0.4, 0.5) is 0 Å². The van der Waals surface area contributed by atoms with Crippen molar-refractivity contribution < 1.29 is 0 Å². The Labute approximate surface area is 143 Å². The van der Waals surface area contributed by atoms with Crippen LogP contribution in [0, 0.1) is 0 Å². The van der Waals surface area contributed by atoms with Crippen LogP contribution in [0.2, 0.25) is 0 Å². The Morgan fingerprint density at radius 2 is 1.00 bits per heavy atom. The Morgan fingerprint density at radius 3 is 1.38 bits per heavy atom. The molecular weight excluding hydrogens is 310 g/mol. The first-order chi connectivity index (χ1) is 11.7. The number of nitrogens with one attached hydrogen (secondary N) is 1. The topological polar surface area (TPSA) is 12.0 Å². The highest BCUT2D eigenvalue weighted by molar-refractivity contribution is 8.32. The monoisotopic (exact) mass is 329 g/mol. The Morgan fingerprint density at radius 1 is 0.625 bits per heavy atom. The van der Waals surface area contributed by atoms with Gasteiger partial charge in [-0.3, -0.25) is 4.72 Å². The molecule has 118 valence electrons. The fourth-order valence-electron chi connectivity index (χ4n) is 3.87. The molecule has 0 fully saturated rings. The van der Waals surface area contributed by atoms with Gasteiger partial charge >= 0.3 is 0 Å². The zero-order valence-electron chi connectivity index (χ0n) is 13.8. The van der Waals surface area contributed by atoms with E-state index < -0.39 is 10.2 Å². The van der Waals surface area contributed by atoms with Crippen molar-refractivity contribution in [2.45, 2.75) is 9.79 Å². The third kappa shape index (κ3) is 1.75. The minimum Gasteiger partial charge on any atom is -0.277 e. The van der Waals surface area contributed by atoms with Crippen LogP contribution >= 0.6 is 10.2 Å². The molecule has 0 spiro atoms. The molecule has 5 rings (SSSR count). The molecule has 1 aliphatic rings. The molecule has 0 saturated heterocycles. The van der Waals surface area contributed by atoms with Crippen molar-refractivity contribution in [1.29, 1.82) is 0 Å². The molecule has 0 amide bonds. The maximum Gasteiger partial charge on any atom is 0.0148 e. The number of benzene rings is 4. The predicted octanol–water partition coefficient (Wildman–Crippen LogP) is 5.96. The summed E-state index contributed by atoms with van der Waals surface area (Å²) in [5.74, 6) is 0. The summed E-state index contributed by atoms with van der Waals surface area (Å²) in [4.78, 5) is 2.91. The van der Waals surface area contributed by atoms with Gasteiger partial charge in [-0.25, -0.2) is 0 Å². The first-order valence-corrected chi connectivity index (χ1v) is 10.3. The standard InChI is InChI=1S/C22H19NS/c1-23-24(2)21-13-17-9-5-3-7-15(17)11-19(21)20-12-16-8-4-6-10-18(16)14-22(20)24/h3-14,23H,1-2H3. The molecule has 0 unspecified atom stereocenters. The summed E-state index contributed by atoms with van der Waals surface area (Å²) >= 11 is 0. The summed E-state index contributed by atoms with van der Waals surface area (Å²) in [6.45, 7) is 0. The molecule has 0 aliphatic carbocycles. The molecule has 1 heterocycles. The third-order valence-electron chi connectivity index (χ3n) is 5.27. The number of hydrogen-bond acceptors (Lipinski definition) is 1. The van der Waals surface area contributed by atoms with E-state index in [0.717, 1.165) is 0 Å². The molecule has 24 heavy (non-hydrogen) atoms. The summed E-state index contributed by atoms with van der Waals surface area (Å²) in [6.07, 6.45) is 2.38. The second-order valence-electron chi connectivity index (χ2n) is 6.51. The van der Waals surface area contributed by atoms with Crippen LogP contribution in [-0.2, 0) is 0 Å². The van der Waals surface area contributed by atoms with Crippen molar-refractivity contribution in [2.24, 2.45) is 0 Å². The van der Waals surface area contributed by atoms with Crippen LogP contribution in [0.3, 0.4) is 0 Å². The largest absolute Gasteiger partial charge is 0.277 e. The van der Waals surface area contributed by atoms with E-state index in [4.69, 9.17) is 0 Å². The number of rotatable bonds is 1. The second-order valence-corrected chi connectivity index (χ2v) is 9.64. The predicted molar refractivity (Wildman–Crippen MR) is 106 cm³/mol. The highest BCUT2D eigenvalue weighted by Gasteiger charge is 2.34. The van der Waals surface area contributed by atoms with E-state index >= 15 is 0 Å². The fraction of sp³-hybridized carbons (Fsp3) is 0.0909. The van der Waals surface area contributed by atoms with Gasteiger partial charge in [0.15, 0.2) is 0 Å². The minimum atomic E-state index is -1.19. The summed E-state index contributed by atoms with van der Waals surface area (Å²) in [7, 11) is 0.903. The molecule has 0 bridgehead atoms. The summed E-state index contributed by atoms with van der Waals surface area (Å²) in [6, 6.07) is 26.8. The Kier molecular flexibility index (Phi) is 2.85. The van der Waals surface area contributed by atoms with Crippen molar-refractivity contribution >= 4 is 31.8 Å². The van der Waals surface area contributed by atoms with Crippen molar-refractivity contribution in [3.63, 3.8) is 0 Å². The summed E-state index contributed by atoms with van der Waals surface area (Å²) < 4.78 is 3.67. The van der Waals surface area contributed by atoms with Crippen molar-refractivity contribution in [2.75, 3.05) is 13.3 Å². The zero-order chi connectivity index (χ0) is 16.3. The van der Waals surface area contributed by atoms with Gasteiger partial charge in [0.2, 0.25) is 0 Å². The van der Waals surface area contributed by atoms with E-state index in [0.29, 0.717) is 0 Å². The Balaban J connectivity index is 1.92. The Hall–Kier alpha value is -2.29. The van der Waals surface area contributed by atoms with E-state index in [1.807, 2.05) is 0 Å². The van der Waals surface area contributed by atoms with Gasteiger partial charge in [-0.05, 0) is 70.2 Å². The van der Waals surface area contributed by atoms with Gasteiger partial charge < -0.3 is 0 Å². The van der Waals surface area contributed by atoms with Gasteiger partial charge in [0.05, 0.1) is 0 Å². The molecule has 1 aliphatic heterocycles. The first-order valence-electron chi connectivity index (χ1n) is 8.23. The average Bonchev–Trinajstić information content (AvgIpc) is 2.87. The third-order valence-corrected chi connectivity index (χ3v) is 8.53. The quantitative estimate of drug-likeness (QED) is 0.454. The maximum absolute atomic E-state index is 3.67. The van der Waals surface area contributed by atoms with Crippen LogP contribution in [0.1, 0.15) is 0 Å². The van der Waals surface area contributed by atoms with Gasteiger partial charge in [-0.1, -0.05) is 48.5 Å². The van der Waals surface area contributed by atoms with E-state index in [1.165, 1.54) is 42.5 Å². The molecule has 2 heteroatoms. The molecule has 4 aromatic rings. The zero-order valence-corrected chi connectivity index (χ0v) is 14.7. The van der Waals surface area contributed by atoms with E-state index in [-0.39, 0.29) is 0 Å². The molecular formula is C22H19NS. The Bertz CT molecular complexity index is 1030. The highest BCUT2D eigenvalue weighted by Crippen LogP contribution is 2.67. The number of fused-ring (bicyclic) bond motifs is 5. The van der Waals surface area contributed by atoms with E-state index in [9.17, 15) is 0 Å². The van der Waals surface area contributed by atoms with Crippen molar-refractivity contribution in [1.82, 2.24) is 4.72 Å². The molecule has 0 saturated carbocycles. The lowest BCUT2D eigenvalue weighted by atomic mass is 9.99. The molecule has 4 aromatic carbocycles. The van der Waals surface area contributed by atoms with Gasteiger partial charge in [-0.15, -0.1) is 10.2 Å². The van der Waals surface area contributed by atoms with E-state index in [2.05, 4.69) is 90.8 Å². The highest BCUT2D eigenvalue weighted by atomic mass is 32.3. The van der Waals surface area contributed by atoms with Gasteiger partial charge in [0, 0.05) is 9.79 Å². The van der Waals surface area contributed by atoms with Crippen LogP contribution in [0.15, 0.2) is 82.6 Å². The smallest absolute Gasteiger partial charge is 0.0148 e. The van der Waals surface area contributed by atoms with Crippen LogP contribution < -0.4 is 4.72 Å². The van der Waals surface area contributed by atoms with Crippen molar-refractivity contribution in [3.05, 3.63) is 72.8 Å². The van der Waals surface area contributed by atoms with Gasteiger partial charge in [-0.2, -0.15) is 0 Å². The minimum absolute atomic E-state index is 1.19.